The smallest absolute Gasteiger partial charge is 0.242 e. The van der Waals surface area contributed by atoms with Crippen molar-refractivity contribution >= 4 is 21.8 Å². The maximum atomic E-state index is 13.2. The molecule has 0 aliphatic carbocycles. The van der Waals surface area contributed by atoms with E-state index in [-0.39, 0.29) is 23.5 Å². The lowest BCUT2D eigenvalue weighted by Crippen LogP contribution is -2.52. The first kappa shape index (κ1) is 24.9. The molecule has 1 fully saturated rings. The maximum absolute atomic E-state index is 13.2. The summed E-state index contributed by atoms with van der Waals surface area (Å²) in [5.41, 5.74) is 0.849. The van der Waals surface area contributed by atoms with Gasteiger partial charge in [-0.05, 0) is 37.0 Å². The molecule has 1 heterocycles. The van der Waals surface area contributed by atoms with Crippen LogP contribution in [0.4, 0.5) is 0 Å². The lowest BCUT2D eigenvalue weighted by Gasteiger charge is -2.31. The van der Waals surface area contributed by atoms with E-state index in [2.05, 4.69) is 10.0 Å². The number of hydrogen-bond donors (Lipinski definition) is 2. The van der Waals surface area contributed by atoms with E-state index in [0.717, 1.165) is 18.4 Å². The number of carbonyl (C=O) groups is 2. The zero-order chi connectivity index (χ0) is 23.7. The summed E-state index contributed by atoms with van der Waals surface area (Å²) in [5, 5.41) is 2.90. The molecular formula is C24H31N3O5S. The topological polar surface area (TPSA) is 105 Å². The summed E-state index contributed by atoms with van der Waals surface area (Å²) in [6, 6.07) is 16.4. The van der Waals surface area contributed by atoms with Crippen molar-refractivity contribution in [1.29, 1.82) is 0 Å². The number of hydrogen-bond acceptors (Lipinski definition) is 5. The molecule has 1 aliphatic rings. The average Bonchev–Trinajstić information content (AvgIpc) is 3.36. The van der Waals surface area contributed by atoms with Gasteiger partial charge in [-0.25, -0.2) is 13.1 Å². The van der Waals surface area contributed by atoms with Crippen molar-refractivity contribution in [2.45, 2.75) is 49.8 Å². The van der Waals surface area contributed by atoms with E-state index in [9.17, 15) is 18.0 Å². The minimum atomic E-state index is -3.85. The van der Waals surface area contributed by atoms with Crippen LogP contribution in [0.3, 0.4) is 0 Å². The molecule has 0 radical (unpaired) electrons. The summed E-state index contributed by atoms with van der Waals surface area (Å²) >= 11 is 0. The lowest BCUT2D eigenvalue weighted by atomic mass is 10.1. The molecule has 1 saturated heterocycles. The number of benzene rings is 2. The molecular weight excluding hydrogens is 442 g/mol. The van der Waals surface area contributed by atoms with Gasteiger partial charge in [-0.2, -0.15) is 0 Å². The van der Waals surface area contributed by atoms with Crippen molar-refractivity contribution in [2.24, 2.45) is 0 Å². The third-order valence-electron chi connectivity index (χ3n) is 5.58. The molecule has 0 saturated carbocycles. The summed E-state index contributed by atoms with van der Waals surface area (Å²) in [7, 11) is -3.85. The molecule has 2 N–H and O–H groups in total. The number of amides is 2. The molecule has 2 atom stereocenters. The fourth-order valence-corrected chi connectivity index (χ4v) is 4.77. The molecule has 2 amide bonds. The zero-order valence-electron chi connectivity index (χ0n) is 18.8. The Morgan fingerprint density at radius 3 is 2.36 bits per heavy atom. The van der Waals surface area contributed by atoms with E-state index in [4.69, 9.17) is 4.74 Å². The second kappa shape index (κ2) is 11.9. The number of nitrogens with zero attached hydrogens (tertiary/aromatic N) is 1. The number of ether oxygens (including phenoxy) is 1. The fraction of sp³-hybridized carbons (Fsp3) is 0.417. The average molecular weight is 474 g/mol. The van der Waals surface area contributed by atoms with Crippen LogP contribution in [0.15, 0.2) is 65.6 Å². The molecule has 33 heavy (non-hydrogen) atoms. The van der Waals surface area contributed by atoms with Gasteiger partial charge < -0.3 is 15.0 Å². The largest absolute Gasteiger partial charge is 0.376 e. The van der Waals surface area contributed by atoms with Gasteiger partial charge in [0.25, 0.3) is 0 Å². The third-order valence-corrected chi connectivity index (χ3v) is 6.99. The van der Waals surface area contributed by atoms with Crippen LogP contribution in [-0.4, -0.2) is 57.0 Å². The molecule has 178 valence electrons. The van der Waals surface area contributed by atoms with Gasteiger partial charge in [0.1, 0.15) is 6.04 Å². The summed E-state index contributed by atoms with van der Waals surface area (Å²) in [6.45, 7) is 2.66. The Kier molecular flexibility index (Phi) is 8.99. The predicted octanol–water partition coefficient (Wildman–Crippen LogP) is 2.07. The van der Waals surface area contributed by atoms with Crippen molar-refractivity contribution in [3.05, 3.63) is 66.2 Å². The van der Waals surface area contributed by atoms with E-state index in [0.29, 0.717) is 19.6 Å². The van der Waals surface area contributed by atoms with E-state index in [1.54, 1.807) is 18.2 Å². The van der Waals surface area contributed by atoms with Crippen molar-refractivity contribution < 1.29 is 22.7 Å². The zero-order valence-corrected chi connectivity index (χ0v) is 19.6. The quantitative estimate of drug-likeness (QED) is 0.520. The van der Waals surface area contributed by atoms with Crippen LogP contribution in [0.25, 0.3) is 0 Å². The summed E-state index contributed by atoms with van der Waals surface area (Å²) in [4.78, 5) is 27.7. The first-order valence-corrected chi connectivity index (χ1v) is 12.7. The van der Waals surface area contributed by atoms with Gasteiger partial charge in [-0.3, -0.25) is 9.59 Å². The first-order valence-electron chi connectivity index (χ1n) is 11.2. The van der Waals surface area contributed by atoms with Crippen LogP contribution in [0.1, 0.15) is 31.7 Å². The standard InChI is InChI=1S/C24H31N3O5S/c1-2-22(24(29)25-16-20-12-9-15-32-20)27(18-19-10-5-3-6-11-19)23(28)17-26-33(30,31)21-13-7-4-8-14-21/h3-8,10-11,13-14,20,22,26H,2,9,12,15-18H2,1H3,(H,25,29)/t20-,22-/m1/s1. The second-order valence-electron chi connectivity index (χ2n) is 7.95. The molecule has 0 bridgehead atoms. The minimum absolute atomic E-state index is 0.0117. The van der Waals surface area contributed by atoms with Crippen LogP contribution in [0.2, 0.25) is 0 Å². The Morgan fingerprint density at radius 2 is 1.76 bits per heavy atom. The number of nitrogens with one attached hydrogen (secondary N) is 2. The van der Waals surface area contributed by atoms with Crippen LogP contribution < -0.4 is 10.0 Å². The fourth-order valence-electron chi connectivity index (χ4n) is 3.78. The van der Waals surface area contributed by atoms with Crippen LogP contribution in [-0.2, 0) is 30.9 Å². The Labute approximate surface area is 195 Å². The van der Waals surface area contributed by atoms with Crippen molar-refractivity contribution in [3.63, 3.8) is 0 Å². The Morgan fingerprint density at radius 1 is 1.09 bits per heavy atom. The predicted molar refractivity (Wildman–Crippen MR) is 125 cm³/mol. The molecule has 0 aromatic heterocycles. The van der Waals surface area contributed by atoms with Gasteiger partial charge in [-0.15, -0.1) is 0 Å². The highest BCUT2D eigenvalue weighted by Crippen LogP contribution is 2.14. The number of sulfonamides is 1. The van der Waals surface area contributed by atoms with Crippen LogP contribution >= 0.6 is 0 Å². The molecule has 8 nitrogen and oxygen atoms in total. The molecule has 2 aromatic rings. The van der Waals surface area contributed by atoms with Gasteiger partial charge in [0.05, 0.1) is 17.5 Å². The monoisotopic (exact) mass is 473 g/mol. The van der Waals surface area contributed by atoms with Crippen molar-refractivity contribution in [1.82, 2.24) is 14.9 Å². The molecule has 0 spiro atoms. The van der Waals surface area contributed by atoms with E-state index < -0.39 is 28.5 Å². The van der Waals surface area contributed by atoms with Gasteiger partial charge in [0.2, 0.25) is 21.8 Å². The third kappa shape index (κ3) is 7.12. The molecule has 3 rings (SSSR count). The normalized spacial score (nSPS) is 16.8. The van der Waals surface area contributed by atoms with Gasteiger partial charge >= 0.3 is 0 Å². The lowest BCUT2D eigenvalue weighted by molar-refractivity contribution is -0.140. The Hall–Kier alpha value is -2.75. The van der Waals surface area contributed by atoms with Crippen molar-refractivity contribution in [2.75, 3.05) is 19.7 Å². The second-order valence-corrected chi connectivity index (χ2v) is 9.72. The maximum Gasteiger partial charge on any atom is 0.242 e. The highest BCUT2D eigenvalue weighted by Gasteiger charge is 2.30. The van der Waals surface area contributed by atoms with Gasteiger partial charge in [0.15, 0.2) is 0 Å². The SMILES string of the molecule is CC[C@H](C(=O)NC[C@H]1CCCO1)N(Cc1ccccc1)C(=O)CNS(=O)(=O)c1ccccc1. The molecule has 1 aliphatic heterocycles. The van der Waals surface area contributed by atoms with Crippen LogP contribution in [0, 0.1) is 0 Å². The van der Waals surface area contributed by atoms with E-state index in [1.165, 1.54) is 17.0 Å². The summed E-state index contributed by atoms with van der Waals surface area (Å²) in [5.74, 6) is -0.749. The molecule has 2 aromatic carbocycles. The van der Waals surface area contributed by atoms with E-state index >= 15 is 0 Å². The first-order chi connectivity index (χ1) is 15.9. The Balaban J connectivity index is 1.72. The van der Waals surface area contributed by atoms with Gasteiger partial charge in [-0.1, -0.05) is 55.5 Å². The number of rotatable bonds is 11. The van der Waals surface area contributed by atoms with Crippen molar-refractivity contribution in [3.8, 4) is 0 Å². The highest BCUT2D eigenvalue weighted by molar-refractivity contribution is 7.89. The van der Waals surface area contributed by atoms with Crippen LogP contribution in [0.5, 0.6) is 0 Å². The summed E-state index contributed by atoms with van der Waals surface area (Å²) < 4.78 is 33.1. The highest BCUT2D eigenvalue weighted by atomic mass is 32.2. The molecule has 0 unspecified atom stereocenters. The van der Waals surface area contributed by atoms with E-state index in [1.807, 2.05) is 37.3 Å². The molecule has 9 heteroatoms. The number of carbonyl (C=O) groups excluding carboxylic acids is 2. The minimum Gasteiger partial charge on any atom is -0.376 e. The Bertz CT molecular complexity index is 1010. The summed E-state index contributed by atoms with van der Waals surface area (Å²) in [6.07, 6.45) is 2.24. The van der Waals surface area contributed by atoms with Gasteiger partial charge in [0, 0.05) is 19.7 Å².